The highest BCUT2D eigenvalue weighted by atomic mass is 16.3. The molecule has 0 saturated carbocycles. The van der Waals surface area contributed by atoms with E-state index in [1.807, 2.05) is 12.1 Å². The first-order valence-electron chi connectivity index (χ1n) is 13.7. The van der Waals surface area contributed by atoms with Crippen LogP contribution >= 0.6 is 0 Å². The number of rotatable bonds is 5. The second-order valence-corrected chi connectivity index (χ2v) is 10.3. The molecule has 0 fully saturated rings. The molecule has 0 aliphatic carbocycles. The molecule has 40 heavy (non-hydrogen) atoms. The van der Waals surface area contributed by atoms with Gasteiger partial charge in [-0.25, -0.2) is 0 Å². The quantitative estimate of drug-likeness (QED) is 0.249. The summed E-state index contributed by atoms with van der Waals surface area (Å²) >= 11 is 0. The molecule has 0 atom stereocenters. The van der Waals surface area contributed by atoms with E-state index >= 15 is 0 Å². The summed E-state index contributed by atoms with van der Waals surface area (Å²) in [6.45, 7) is 0. The molecule has 2 nitrogen and oxygen atoms in total. The minimum atomic E-state index is -0.679. The van der Waals surface area contributed by atoms with Crippen LogP contribution in [0.1, 0.15) is 33.4 Å². The molecule has 0 radical (unpaired) electrons. The van der Waals surface area contributed by atoms with Crippen molar-refractivity contribution in [2.24, 2.45) is 0 Å². The first-order valence-corrected chi connectivity index (χ1v) is 13.7. The molecule has 192 valence electrons. The van der Waals surface area contributed by atoms with Crippen molar-refractivity contribution < 1.29 is 5.11 Å². The molecule has 6 aromatic rings. The summed E-state index contributed by atoms with van der Waals surface area (Å²) in [6.07, 6.45) is 0. The first-order chi connectivity index (χ1) is 19.8. The van der Waals surface area contributed by atoms with Crippen LogP contribution in [0.25, 0.3) is 0 Å². The first kappa shape index (κ1) is 24.0. The number of hydrogen-bond donors (Lipinski definition) is 1. The Hall–Kier alpha value is -5.08. The van der Waals surface area contributed by atoms with Gasteiger partial charge in [0.1, 0.15) is 16.8 Å². The van der Waals surface area contributed by atoms with Gasteiger partial charge in [0.15, 0.2) is 0 Å². The van der Waals surface area contributed by atoms with Gasteiger partial charge in [-0.2, -0.15) is 0 Å². The van der Waals surface area contributed by atoms with Crippen LogP contribution in [0.3, 0.4) is 0 Å². The zero-order valence-corrected chi connectivity index (χ0v) is 22.1. The fourth-order valence-electron chi connectivity index (χ4n) is 6.78. The second kappa shape index (κ2) is 9.59. The number of phenolic OH excluding ortho intramolecular Hbond substituents is 1. The van der Waals surface area contributed by atoms with Gasteiger partial charge in [-0.1, -0.05) is 146 Å². The van der Waals surface area contributed by atoms with Crippen LogP contribution in [0.4, 0.5) is 5.69 Å². The largest absolute Gasteiger partial charge is 0.508 e. The molecular formula is C38H29NO. The highest BCUT2D eigenvalue weighted by Gasteiger charge is 2.61. The number of phenols is 1. The van der Waals surface area contributed by atoms with Crippen molar-refractivity contribution >= 4 is 5.69 Å². The lowest BCUT2D eigenvalue weighted by Gasteiger charge is -2.50. The van der Waals surface area contributed by atoms with Crippen LogP contribution in [0.15, 0.2) is 170 Å². The molecule has 1 aliphatic rings. The molecule has 1 heterocycles. The lowest BCUT2D eigenvalue weighted by Crippen LogP contribution is -2.54. The minimum absolute atomic E-state index is 0.246. The van der Waals surface area contributed by atoms with Crippen molar-refractivity contribution in [2.45, 2.75) is 11.1 Å². The van der Waals surface area contributed by atoms with Gasteiger partial charge < -0.3 is 10.0 Å². The molecule has 0 saturated heterocycles. The molecule has 7 rings (SSSR count). The van der Waals surface area contributed by atoms with Crippen LogP contribution in [0, 0.1) is 0 Å². The Labute approximate surface area is 235 Å². The number of hydrogen-bond acceptors (Lipinski definition) is 2. The summed E-state index contributed by atoms with van der Waals surface area (Å²) in [5, 5.41) is 10.4. The van der Waals surface area contributed by atoms with Gasteiger partial charge in [0.2, 0.25) is 0 Å². The monoisotopic (exact) mass is 515 g/mol. The summed E-state index contributed by atoms with van der Waals surface area (Å²) in [5.41, 5.74) is 6.82. The van der Waals surface area contributed by atoms with E-state index in [2.05, 4.69) is 150 Å². The van der Waals surface area contributed by atoms with Crippen LogP contribution < -0.4 is 4.90 Å². The van der Waals surface area contributed by atoms with E-state index in [-0.39, 0.29) is 5.75 Å². The van der Waals surface area contributed by atoms with E-state index in [4.69, 9.17) is 0 Å². The molecule has 0 bridgehead atoms. The molecule has 0 aromatic heterocycles. The Kier molecular flexibility index (Phi) is 5.75. The highest BCUT2D eigenvalue weighted by molar-refractivity contribution is 5.78. The number of nitrogens with zero attached hydrogens (tertiary/aromatic N) is 1. The van der Waals surface area contributed by atoms with Crippen molar-refractivity contribution in [3.05, 3.63) is 203 Å². The van der Waals surface area contributed by atoms with E-state index in [1.165, 1.54) is 33.4 Å². The maximum atomic E-state index is 10.4. The van der Waals surface area contributed by atoms with Crippen LogP contribution in [0.5, 0.6) is 5.75 Å². The SMILES string of the molecule is Oc1ccc(N2C(c3ccccc3)(c3ccccc3)c3ccccc3C2(c2ccccc2)c2ccccc2)cc1. The van der Waals surface area contributed by atoms with Gasteiger partial charge in [-0.3, -0.25) is 0 Å². The number of benzene rings is 6. The molecule has 0 amide bonds. The average molecular weight is 516 g/mol. The second-order valence-electron chi connectivity index (χ2n) is 10.3. The van der Waals surface area contributed by atoms with E-state index < -0.39 is 11.1 Å². The normalized spacial score (nSPS) is 14.9. The number of aromatic hydroxyl groups is 1. The van der Waals surface area contributed by atoms with Crippen molar-refractivity contribution in [1.82, 2.24) is 0 Å². The van der Waals surface area contributed by atoms with E-state index in [0.717, 1.165) is 5.69 Å². The van der Waals surface area contributed by atoms with Crippen LogP contribution in [-0.4, -0.2) is 5.11 Å². The smallest absolute Gasteiger partial charge is 0.118 e. The summed E-state index contributed by atoms with van der Waals surface area (Å²) in [4.78, 5) is 2.58. The predicted molar refractivity (Wildman–Crippen MR) is 163 cm³/mol. The third-order valence-electron chi connectivity index (χ3n) is 8.25. The third-order valence-corrected chi connectivity index (χ3v) is 8.25. The molecule has 1 aliphatic heterocycles. The third kappa shape index (κ3) is 3.36. The van der Waals surface area contributed by atoms with Gasteiger partial charge in [-0.05, 0) is 57.6 Å². The number of fused-ring (bicyclic) bond motifs is 1. The van der Waals surface area contributed by atoms with Crippen molar-refractivity contribution in [2.75, 3.05) is 4.90 Å². The predicted octanol–water partition coefficient (Wildman–Crippen LogP) is 8.50. The molecular weight excluding hydrogens is 486 g/mol. The maximum absolute atomic E-state index is 10.4. The Morgan fingerprint density at radius 1 is 0.350 bits per heavy atom. The topological polar surface area (TPSA) is 23.5 Å². The summed E-state index contributed by atoms with van der Waals surface area (Å²) in [5.74, 6) is 0.246. The van der Waals surface area contributed by atoms with Crippen LogP contribution in [0.2, 0.25) is 0 Å². The molecule has 6 aromatic carbocycles. The Morgan fingerprint density at radius 2 is 0.650 bits per heavy atom. The van der Waals surface area contributed by atoms with Crippen molar-refractivity contribution in [1.29, 1.82) is 0 Å². The van der Waals surface area contributed by atoms with Gasteiger partial charge in [0.25, 0.3) is 0 Å². The highest BCUT2D eigenvalue weighted by Crippen LogP contribution is 2.62. The molecule has 1 N–H and O–H groups in total. The minimum Gasteiger partial charge on any atom is -0.508 e. The zero-order chi connectivity index (χ0) is 27.0. The summed E-state index contributed by atoms with van der Waals surface area (Å²) in [7, 11) is 0. The molecule has 2 heteroatoms. The van der Waals surface area contributed by atoms with Gasteiger partial charge in [-0.15, -0.1) is 0 Å². The zero-order valence-electron chi connectivity index (χ0n) is 22.1. The van der Waals surface area contributed by atoms with Crippen LogP contribution in [-0.2, 0) is 11.1 Å². The van der Waals surface area contributed by atoms with E-state index in [0.29, 0.717) is 0 Å². The Balaban J connectivity index is 1.74. The van der Waals surface area contributed by atoms with Gasteiger partial charge in [0.05, 0.1) is 0 Å². The van der Waals surface area contributed by atoms with Gasteiger partial charge in [0, 0.05) is 5.69 Å². The molecule has 0 unspecified atom stereocenters. The van der Waals surface area contributed by atoms with Crippen molar-refractivity contribution in [3.63, 3.8) is 0 Å². The average Bonchev–Trinajstić information content (AvgIpc) is 3.32. The fraction of sp³-hybridized carbons (Fsp3) is 0.0526. The summed E-state index contributed by atoms with van der Waals surface area (Å²) in [6, 6.07) is 59.8. The van der Waals surface area contributed by atoms with E-state index in [9.17, 15) is 5.11 Å². The van der Waals surface area contributed by atoms with Gasteiger partial charge >= 0.3 is 0 Å². The fourth-order valence-corrected chi connectivity index (χ4v) is 6.78. The number of anilines is 1. The summed E-state index contributed by atoms with van der Waals surface area (Å²) < 4.78 is 0. The van der Waals surface area contributed by atoms with E-state index in [1.54, 1.807) is 12.1 Å². The molecule has 0 spiro atoms. The Bertz CT molecular complexity index is 1540. The maximum Gasteiger partial charge on any atom is 0.118 e. The van der Waals surface area contributed by atoms with Crippen molar-refractivity contribution in [3.8, 4) is 5.75 Å². The Morgan fingerprint density at radius 3 is 0.975 bits per heavy atom. The lowest BCUT2D eigenvalue weighted by molar-refractivity contribution is 0.473. The lowest BCUT2D eigenvalue weighted by atomic mass is 9.76. The standard InChI is InChI=1S/C38H29NO/c40-34-27-25-33(26-28-34)39-37(29-15-5-1-6-16-29,30-17-7-2-8-18-30)35-23-13-14-24-36(35)38(39,31-19-9-3-10-20-31)32-21-11-4-12-22-32/h1-28,40H.